The minimum atomic E-state index is -0.0800. The number of rotatable bonds is 0. The number of carbonyl (C=O) groups is 2. The van der Waals surface area contributed by atoms with Crippen LogP contribution in [-0.4, -0.2) is 11.6 Å². The molecule has 0 aromatic heterocycles. The molecule has 0 heterocycles. The first kappa shape index (κ1) is 18.2. The van der Waals surface area contributed by atoms with Gasteiger partial charge in [-0.3, -0.25) is 9.59 Å². The zero-order valence-corrected chi connectivity index (χ0v) is 16.9. The smallest absolute Gasteiger partial charge is 0.156 e. The highest BCUT2D eigenvalue weighted by atomic mass is 16.1. The fourth-order valence-electron chi connectivity index (χ4n) is 7.49. The molecular formula is C24H34O2. The summed E-state index contributed by atoms with van der Waals surface area (Å²) in [7, 11) is 0. The lowest BCUT2D eigenvalue weighted by Crippen LogP contribution is -2.50. The largest absolute Gasteiger partial charge is 0.299 e. The number of carbonyl (C=O) groups excluding carboxylic acids is 2. The normalized spacial score (nSPS) is 48.6. The summed E-state index contributed by atoms with van der Waals surface area (Å²) in [5, 5.41) is 0. The van der Waals surface area contributed by atoms with Crippen LogP contribution in [0.25, 0.3) is 0 Å². The molecular weight excluding hydrogens is 320 g/mol. The fraction of sp³-hybridized carbons (Fsp3) is 0.750. The van der Waals surface area contributed by atoms with Crippen molar-refractivity contribution < 1.29 is 9.59 Å². The van der Waals surface area contributed by atoms with Gasteiger partial charge in [0, 0.05) is 17.8 Å². The Balaban J connectivity index is 0.000000814. The van der Waals surface area contributed by atoms with Gasteiger partial charge in [0.2, 0.25) is 0 Å². The summed E-state index contributed by atoms with van der Waals surface area (Å²) in [4.78, 5) is 25.0. The number of fused-ring (bicyclic) bond motifs is 7. The summed E-state index contributed by atoms with van der Waals surface area (Å²) < 4.78 is 0. The SMILES string of the molecule is CC.C[C@]12CCC(=O)C=C1C=CC1C2CC[C@]2(C)C(=O)[C@@H]3CCC[C@@H]3C12. The van der Waals surface area contributed by atoms with Gasteiger partial charge in [-0.25, -0.2) is 0 Å². The van der Waals surface area contributed by atoms with Crippen LogP contribution in [0.15, 0.2) is 23.8 Å². The predicted octanol–water partition coefficient (Wildman–Crippen LogP) is 5.53. The third kappa shape index (κ3) is 2.23. The van der Waals surface area contributed by atoms with Gasteiger partial charge in [0.25, 0.3) is 0 Å². The predicted molar refractivity (Wildman–Crippen MR) is 105 cm³/mol. The second-order valence-electron chi connectivity index (χ2n) is 9.57. The number of Topliss-reactive ketones (excluding diaryl/α,β-unsaturated/α-hetero) is 1. The third-order valence-electron chi connectivity index (χ3n) is 8.70. The van der Waals surface area contributed by atoms with Gasteiger partial charge < -0.3 is 0 Å². The topological polar surface area (TPSA) is 34.1 Å². The van der Waals surface area contributed by atoms with E-state index in [4.69, 9.17) is 0 Å². The van der Waals surface area contributed by atoms with E-state index < -0.39 is 0 Å². The van der Waals surface area contributed by atoms with E-state index in [0.29, 0.717) is 41.8 Å². The van der Waals surface area contributed by atoms with Crippen LogP contribution in [0.4, 0.5) is 0 Å². The summed E-state index contributed by atoms with van der Waals surface area (Å²) in [5.41, 5.74) is 1.33. The van der Waals surface area contributed by atoms with Crippen molar-refractivity contribution in [3.8, 4) is 0 Å². The Bertz CT molecular complexity index is 686. The first-order valence-corrected chi connectivity index (χ1v) is 10.9. The minimum Gasteiger partial charge on any atom is -0.299 e. The maximum absolute atomic E-state index is 13.1. The molecule has 0 saturated heterocycles. The van der Waals surface area contributed by atoms with Crippen molar-refractivity contribution in [1.82, 2.24) is 0 Å². The van der Waals surface area contributed by atoms with Crippen molar-refractivity contribution in [2.45, 2.75) is 72.6 Å². The van der Waals surface area contributed by atoms with Crippen molar-refractivity contribution in [1.29, 1.82) is 0 Å². The quantitative estimate of drug-likeness (QED) is 0.573. The Kier molecular flexibility index (Phi) is 4.32. The molecule has 0 radical (unpaired) electrons. The van der Waals surface area contributed by atoms with Crippen LogP contribution in [0, 0.1) is 40.4 Å². The van der Waals surface area contributed by atoms with Crippen molar-refractivity contribution >= 4 is 11.6 Å². The van der Waals surface area contributed by atoms with Crippen LogP contribution in [0.5, 0.6) is 0 Å². The van der Waals surface area contributed by atoms with E-state index in [1.807, 2.05) is 19.9 Å². The molecule has 7 atom stereocenters. The first-order valence-electron chi connectivity index (χ1n) is 10.9. The van der Waals surface area contributed by atoms with E-state index in [9.17, 15) is 9.59 Å². The molecule has 142 valence electrons. The molecule has 0 N–H and O–H groups in total. The Morgan fingerprint density at radius 1 is 1.00 bits per heavy atom. The number of ketones is 2. The van der Waals surface area contributed by atoms with E-state index in [1.165, 1.54) is 18.4 Å². The van der Waals surface area contributed by atoms with E-state index >= 15 is 0 Å². The van der Waals surface area contributed by atoms with E-state index in [1.54, 1.807) is 0 Å². The average Bonchev–Trinajstić information content (AvgIpc) is 3.19. The van der Waals surface area contributed by atoms with Gasteiger partial charge in [0.05, 0.1) is 0 Å². The molecule has 0 spiro atoms. The molecule has 0 aliphatic heterocycles. The first-order chi connectivity index (χ1) is 12.4. The van der Waals surface area contributed by atoms with Crippen molar-refractivity contribution in [2.24, 2.45) is 40.4 Å². The molecule has 0 aromatic rings. The average molecular weight is 355 g/mol. The standard InChI is InChI=1S/C22H28O2.C2H6/c1-21-10-8-14(23)12-13(21)6-7-17-18(21)9-11-22(2)19(17)15-4-3-5-16(15)20(22)24;1-2/h6-7,12,15-19H,3-5,8-11H2,1-2H3;1-2H3/t15-,16+,17?,18?,19?,21-,22-;/m0./s1. The molecule has 26 heavy (non-hydrogen) atoms. The van der Waals surface area contributed by atoms with Crippen LogP contribution in [-0.2, 0) is 9.59 Å². The van der Waals surface area contributed by atoms with Crippen LogP contribution in [0.1, 0.15) is 72.6 Å². The van der Waals surface area contributed by atoms with Gasteiger partial charge in [0.15, 0.2) is 5.78 Å². The Labute approximate surface area is 158 Å². The highest BCUT2D eigenvalue weighted by Crippen LogP contribution is 2.67. The van der Waals surface area contributed by atoms with Crippen LogP contribution in [0.2, 0.25) is 0 Å². The lowest BCUT2D eigenvalue weighted by atomic mass is 9.48. The monoisotopic (exact) mass is 354 g/mol. The molecule has 0 amide bonds. The third-order valence-corrected chi connectivity index (χ3v) is 8.70. The lowest BCUT2D eigenvalue weighted by Gasteiger charge is -2.55. The van der Waals surface area contributed by atoms with E-state index in [0.717, 1.165) is 25.7 Å². The molecule has 3 unspecified atom stereocenters. The van der Waals surface area contributed by atoms with Gasteiger partial charge in [-0.1, -0.05) is 46.3 Å². The Morgan fingerprint density at radius 2 is 1.77 bits per heavy atom. The number of hydrogen-bond donors (Lipinski definition) is 0. The highest BCUT2D eigenvalue weighted by molar-refractivity contribution is 5.92. The summed E-state index contributed by atoms with van der Waals surface area (Å²) >= 11 is 0. The zero-order chi connectivity index (χ0) is 18.7. The highest BCUT2D eigenvalue weighted by Gasteiger charge is 2.64. The molecule has 3 saturated carbocycles. The maximum Gasteiger partial charge on any atom is 0.156 e. The Morgan fingerprint density at radius 3 is 2.54 bits per heavy atom. The zero-order valence-electron chi connectivity index (χ0n) is 16.9. The van der Waals surface area contributed by atoms with Crippen molar-refractivity contribution in [3.05, 3.63) is 23.8 Å². The second-order valence-corrected chi connectivity index (χ2v) is 9.57. The molecule has 2 nitrogen and oxygen atoms in total. The summed E-state index contributed by atoms with van der Waals surface area (Å²) in [5.74, 6) is 3.56. The van der Waals surface area contributed by atoms with Gasteiger partial charge in [-0.05, 0) is 72.8 Å². The van der Waals surface area contributed by atoms with Crippen LogP contribution in [0.3, 0.4) is 0 Å². The summed E-state index contributed by atoms with van der Waals surface area (Å²) in [6.07, 6.45) is 14.1. The second kappa shape index (κ2) is 6.17. The van der Waals surface area contributed by atoms with Gasteiger partial charge in [-0.2, -0.15) is 0 Å². The van der Waals surface area contributed by atoms with Crippen molar-refractivity contribution in [2.75, 3.05) is 0 Å². The molecule has 0 bridgehead atoms. The van der Waals surface area contributed by atoms with Crippen molar-refractivity contribution in [3.63, 3.8) is 0 Å². The minimum absolute atomic E-state index is 0.0800. The fourth-order valence-corrected chi connectivity index (χ4v) is 7.49. The van der Waals surface area contributed by atoms with Gasteiger partial charge >= 0.3 is 0 Å². The molecule has 5 rings (SSSR count). The summed E-state index contributed by atoms with van der Waals surface area (Å²) in [6, 6.07) is 0. The molecule has 3 fully saturated rings. The van der Waals surface area contributed by atoms with Gasteiger partial charge in [-0.15, -0.1) is 0 Å². The molecule has 0 aromatic carbocycles. The molecule has 2 heteroatoms. The maximum atomic E-state index is 13.1. The van der Waals surface area contributed by atoms with Crippen LogP contribution < -0.4 is 0 Å². The number of allylic oxidation sites excluding steroid dienone is 4. The van der Waals surface area contributed by atoms with E-state index in [2.05, 4.69) is 26.0 Å². The summed E-state index contributed by atoms with van der Waals surface area (Å²) in [6.45, 7) is 8.67. The van der Waals surface area contributed by atoms with Gasteiger partial charge in [0.1, 0.15) is 5.78 Å². The molecule has 5 aliphatic rings. The van der Waals surface area contributed by atoms with E-state index in [-0.39, 0.29) is 16.6 Å². The number of hydrogen-bond acceptors (Lipinski definition) is 2. The Hall–Kier alpha value is -1.18. The molecule has 5 aliphatic carbocycles. The lowest BCUT2D eigenvalue weighted by molar-refractivity contribution is -0.133. The van der Waals surface area contributed by atoms with Crippen LogP contribution >= 0.6 is 0 Å².